The number of aryl methyl sites for hydroxylation is 1. The largest absolute Gasteiger partial charge is 0.301 e. The Labute approximate surface area is 130 Å². The van der Waals surface area contributed by atoms with Crippen LogP contribution in [0.25, 0.3) is 22.8 Å². The maximum atomic E-state index is 4.54. The number of aromatic nitrogens is 3. The molecule has 0 aliphatic carbocycles. The molecule has 1 aliphatic rings. The summed E-state index contributed by atoms with van der Waals surface area (Å²) >= 11 is 0. The summed E-state index contributed by atoms with van der Waals surface area (Å²) in [7, 11) is 0. The predicted octanol–water partition coefficient (Wildman–Crippen LogP) is 4.21. The molecule has 4 rings (SSSR count). The van der Waals surface area contributed by atoms with Gasteiger partial charge in [0.05, 0.1) is 0 Å². The molecule has 1 aromatic heterocycles. The van der Waals surface area contributed by atoms with E-state index >= 15 is 0 Å². The first kappa shape index (κ1) is 13.3. The highest BCUT2D eigenvalue weighted by Crippen LogP contribution is 2.40. The lowest BCUT2D eigenvalue weighted by molar-refractivity contribution is 0.351. The van der Waals surface area contributed by atoms with Gasteiger partial charge < -0.3 is 4.57 Å². The molecular formula is C19H19N3. The Morgan fingerprint density at radius 3 is 2.18 bits per heavy atom. The average molecular weight is 289 g/mol. The van der Waals surface area contributed by atoms with E-state index in [1.807, 2.05) is 0 Å². The SMILES string of the molecule is Cc1ccccc1-c1nnc2n1C(C)(C)Cc1ccccc1-2. The van der Waals surface area contributed by atoms with E-state index in [9.17, 15) is 0 Å². The van der Waals surface area contributed by atoms with Crippen molar-refractivity contribution in [3.05, 3.63) is 59.7 Å². The maximum Gasteiger partial charge on any atom is 0.165 e. The molecule has 0 fully saturated rings. The van der Waals surface area contributed by atoms with Gasteiger partial charge in [-0.3, -0.25) is 0 Å². The molecule has 3 nitrogen and oxygen atoms in total. The second-order valence-corrected chi connectivity index (χ2v) is 6.64. The van der Waals surface area contributed by atoms with Gasteiger partial charge in [-0.05, 0) is 38.3 Å². The molecule has 0 atom stereocenters. The standard InChI is InChI=1S/C19H19N3/c1-13-8-4-6-10-15(13)17-20-21-18-16-11-7-5-9-14(16)12-19(2,3)22(17)18/h4-11H,12H2,1-3H3. The third-order valence-electron chi connectivity index (χ3n) is 4.54. The molecule has 0 spiro atoms. The van der Waals surface area contributed by atoms with Gasteiger partial charge in [-0.2, -0.15) is 0 Å². The first-order valence-corrected chi connectivity index (χ1v) is 7.68. The topological polar surface area (TPSA) is 30.7 Å². The second-order valence-electron chi connectivity index (χ2n) is 6.64. The van der Waals surface area contributed by atoms with Crippen molar-refractivity contribution in [2.45, 2.75) is 32.7 Å². The fourth-order valence-electron chi connectivity index (χ4n) is 3.47. The zero-order valence-corrected chi connectivity index (χ0v) is 13.2. The number of fused-ring (bicyclic) bond motifs is 3. The van der Waals surface area contributed by atoms with E-state index in [0.717, 1.165) is 23.6 Å². The lowest BCUT2D eigenvalue weighted by Crippen LogP contribution is -2.33. The van der Waals surface area contributed by atoms with E-state index in [2.05, 4.69) is 84.1 Å². The quantitative estimate of drug-likeness (QED) is 0.672. The molecule has 0 amide bonds. The van der Waals surface area contributed by atoms with Crippen molar-refractivity contribution in [1.29, 1.82) is 0 Å². The Balaban J connectivity index is 2.01. The molecule has 0 saturated heterocycles. The molecule has 3 aromatic rings. The van der Waals surface area contributed by atoms with Gasteiger partial charge in [-0.15, -0.1) is 10.2 Å². The number of rotatable bonds is 1. The maximum absolute atomic E-state index is 4.54. The smallest absolute Gasteiger partial charge is 0.165 e. The van der Waals surface area contributed by atoms with Crippen molar-refractivity contribution in [1.82, 2.24) is 14.8 Å². The van der Waals surface area contributed by atoms with Crippen LogP contribution in [0.5, 0.6) is 0 Å². The summed E-state index contributed by atoms with van der Waals surface area (Å²) in [5, 5.41) is 9.06. The number of nitrogens with zero attached hydrogens (tertiary/aromatic N) is 3. The Morgan fingerprint density at radius 2 is 1.45 bits per heavy atom. The molecule has 110 valence electrons. The third kappa shape index (κ3) is 1.82. The molecule has 1 aliphatic heterocycles. The molecule has 2 heterocycles. The van der Waals surface area contributed by atoms with Crippen LogP contribution in [0.1, 0.15) is 25.0 Å². The van der Waals surface area contributed by atoms with E-state index in [4.69, 9.17) is 0 Å². The molecule has 3 heteroatoms. The zero-order chi connectivity index (χ0) is 15.3. The van der Waals surface area contributed by atoms with Crippen LogP contribution in [0.4, 0.5) is 0 Å². The van der Waals surface area contributed by atoms with Gasteiger partial charge in [0.2, 0.25) is 0 Å². The molecule has 0 unspecified atom stereocenters. The fraction of sp³-hybridized carbons (Fsp3) is 0.263. The summed E-state index contributed by atoms with van der Waals surface area (Å²) < 4.78 is 2.30. The van der Waals surface area contributed by atoms with Crippen LogP contribution in [0.15, 0.2) is 48.5 Å². The summed E-state index contributed by atoms with van der Waals surface area (Å²) in [5.74, 6) is 1.94. The molecule has 2 aromatic carbocycles. The van der Waals surface area contributed by atoms with E-state index in [-0.39, 0.29) is 5.54 Å². The van der Waals surface area contributed by atoms with Crippen molar-refractivity contribution in [2.24, 2.45) is 0 Å². The molecule has 0 radical (unpaired) electrons. The van der Waals surface area contributed by atoms with Gasteiger partial charge in [0, 0.05) is 16.7 Å². The third-order valence-corrected chi connectivity index (χ3v) is 4.54. The molecule has 0 bridgehead atoms. The Hall–Kier alpha value is -2.42. The minimum atomic E-state index is -0.0369. The molecule has 0 N–H and O–H groups in total. The van der Waals surface area contributed by atoms with Gasteiger partial charge in [0.25, 0.3) is 0 Å². The molecule has 22 heavy (non-hydrogen) atoms. The van der Waals surface area contributed by atoms with Crippen LogP contribution in [0.2, 0.25) is 0 Å². The summed E-state index contributed by atoms with van der Waals surface area (Å²) in [6.45, 7) is 6.65. The lowest BCUT2D eigenvalue weighted by Gasteiger charge is -2.34. The lowest BCUT2D eigenvalue weighted by atomic mass is 9.87. The average Bonchev–Trinajstić information content (AvgIpc) is 2.93. The summed E-state index contributed by atoms with van der Waals surface area (Å²) in [6.07, 6.45) is 0.993. The van der Waals surface area contributed by atoms with Gasteiger partial charge in [-0.1, -0.05) is 48.5 Å². The number of hydrogen-bond donors (Lipinski definition) is 0. The van der Waals surface area contributed by atoms with Crippen LogP contribution in [0.3, 0.4) is 0 Å². The summed E-state index contributed by atoms with van der Waals surface area (Å²) in [5.41, 5.74) is 4.91. The minimum Gasteiger partial charge on any atom is -0.301 e. The highest BCUT2D eigenvalue weighted by Gasteiger charge is 2.34. The van der Waals surface area contributed by atoms with E-state index in [1.165, 1.54) is 16.7 Å². The Bertz CT molecular complexity index is 859. The van der Waals surface area contributed by atoms with Crippen LogP contribution in [-0.4, -0.2) is 14.8 Å². The van der Waals surface area contributed by atoms with Crippen LogP contribution in [-0.2, 0) is 12.0 Å². The minimum absolute atomic E-state index is 0.0369. The number of hydrogen-bond acceptors (Lipinski definition) is 2. The fourth-order valence-corrected chi connectivity index (χ4v) is 3.47. The highest BCUT2D eigenvalue weighted by molar-refractivity contribution is 5.69. The first-order valence-electron chi connectivity index (χ1n) is 7.68. The van der Waals surface area contributed by atoms with Crippen molar-refractivity contribution in [3.8, 4) is 22.8 Å². The van der Waals surface area contributed by atoms with Crippen molar-refractivity contribution in [2.75, 3.05) is 0 Å². The second kappa shape index (κ2) is 4.54. The van der Waals surface area contributed by atoms with Crippen LogP contribution >= 0.6 is 0 Å². The molecular weight excluding hydrogens is 270 g/mol. The van der Waals surface area contributed by atoms with Crippen LogP contribution < -0.4 is 0 Å². The zero-order valence-electron chi connectivity index (χ0n) is 13.2. The van der Waals surface area contributed by atoms with Gasteiger partial charge in [0.1, 0.15) is 0 Å². The van der Waals surface area contributed by atoms with Gasteiger partial charge in [0.15, 0.2) is 11.6 Å². The summed E-state index contributed by atoms with van der Waals surface area (Å²) in [4.78, 5) is 0. The van der Waals surface area contributed by atoms with Gasteiger partial charge >= 0.3 is 0 Å². The van der Waals surface area contributed by atoms with Gasteiger partial charge in [-0.25, -0.2) is 0 Å². The normalized spacial score (nSPS) is 15.2. The predicted molar refractivity (Wildman–Crippen MR) is 88.7 cm³/mol. The van der Waals surface area contributed by atoms with Crippen molar-refractivity contribution < 1.29 is 0 Å². The number of benzene rings is 2. The Morgan fingerprint density at radius 1 is 0.864 bits per heavy atom. The van der Waals surface area contributed by atoms with E-state index < -0.39 is 0 Å². The highest BCUT2D eigenvalue weighted by atomic mass is 15.3. The monoisotopic (exact) mass is 289 g/mol. The van der Waals surface area contributed by atoms with Crippen molar-refractivity contribution in [3.63, 3.8) is 0 Å². The molecule has 0 saturated carbocycles. The van der Waals surface area contributed by atoms with Crippen molar-refractivity contribution >= 4 is 0 Å². The first-order chi connectivity index (χ1) is 10.6. The summed E-state index contributed by atoms with van der Waals surface area (Å²) in [6, 6.07) is 16.9. The van der Waals surface area contributed by atoms with E-state index in [1.54, 1.807) is 0 Å². The van der Waals surface area contributed by atoms with Crippen LogP contribution in [0, 0.1) is 6.92 Å². The Kier molecular flexibility index (Phi) is 2.73. The van der Waals surface area contributed by atoms with E-state index in [0.29, 0.717) is 0 Å².